The molecular formula is C21H27NO3S. The minimum absolute atomic E-state index is 0.111. The maximum atomic E-state index is 13.1. The number of nitrogens with zero attached hydrogens (tertiary/aromatic N) is 1. The van der Waals surface area contributed by atoms with Crippen LogP contribution in [0.25, 0.3) is 0 Å². The normalized spacial score (nSPS) is 16.8. The summed E-state index contributed by atoms with van der Waals surface area (Å²) >= 11 is 0. The number of aliphatic hydroxyl groups is 1. The number of sulfonamides is 1. The Kier molecular flexibility index (Phi) is 6.46. The molecule has 0 saturated heterocycles. The Balaban J connectivity index is 1.78. The molecular weight excluding hydrogens is 346 g/mol. The smallest absolute Gasteiger partial charge is 0.217 e. The van der Waals surface area contributed by atoms with Crippen molar-refractivity contribution in [3.05, 3.63) is 71.8 Å². The highest BCUT2D eigenvalue weighted by Crippen LogP contribution is 2.29. The van der Waals surface area contributed by atoms with Gasteiger partial charge in [0.25, 0.3) is 0 Å². The van der Waals surface area contributed by atoms with Crippen LogP contribution >= 0.6 is 0 Å². The zero-order valence-electron chi connectivity index (χ0n) is 15.0. The van der Waals surface area contributed by atoms with Crippen LogP contribution in [0.2, 0.25) is 0 Å². The van der Waals surface area contributed by atoms with Crippen molar-refractivity contribution in [1.29, 1.82) is 0 Å². The van der Waals surface area contributed by atoms with Crippen LogP contribution < -0.4 is 0 Å². The monoisotopic (exact) mass is 373 g/mol. The summed E-state index contributed by atoms with van der Waals surface area (Å²) in [5.74, 6) is -0.0859. The predicted octanol–water partition coefficient (Wildman–Crippen LogP) is 3.57. The van der Waals surface area contributed by atoms with Gasteiger partial charge in [0, 0.05) is 13.1 Å². The molecule has 2 aromatic rings. The number of aliphatic hydroxyl groups excluding tert-OH is 1. The second kappa shape index (κ2) is 8.80. The third-order valence-corrected chi connectivity index (χ3v) is 6.93. The van der Waals surface area contributed by atoms with E-state index in [2.05, 4.69) is 0 Å². The molecule has 26 heavy (non-hydrogen) atoms. The first-order valence-corrected chi connectivity index (χ1v) is 10.9. The van der Waals surface area contributed by atoms with Gasteiger partial charge in [-0.25, -0.2) is 8.42 Å². The zero-order chi connectivity index (χ0) is 18.4. The Morgan fingerprint density at radius 2 is 1.35 bits per heavy atom. The zero-order valence-corrected chi connectivity index (χ0v) is 15.8. The Morgan fingerprint density at radius 3 is 1.81 bits per heavy atom. The van der Waals surface area contributed by atoms with E-state index in [1.54, 1.807) is 0 Å². The van der Waals surface area contributed by atoms with Crippen LogP contribution in [0.3, 0.4) is 0 Å². The third-order valence-electron chi connectivity index (χ3n) is 5.12. The molecule has 1 N–H and O–H groups in total. The SMILES string of the molecule is O=S(=O)(C[C@@H](O)C1CCCC1)N(Cc1ccccc1)Cc1ccccc1. The number of benzene rings is 2. The van der Waals surface area contributed by atoms with Gasteiger partial charge in [-0.3, -0.25) is 0 Å². The predicted molar refractivity (Wildman–Crippen MR) is 104 cm³/mol. The Hall–Kier alpha value is -1.69. The molecule has 2 aromatic carbocycles. The number of hydrogen-bond donors (Lipinski definition) is 1. The Morgan fingerprint density at radius 1 is 0.885 bits per heavy atom. The van der Waals surface area contributed by atoms with Crippen molar-refractivity contribution >= 4 is 10.0 Å². The average molecular weight is 374 g/mol. The Bertz CT molecular complexity index is 730. The minimum Gasteiger partial charge on any atom is -0.392 e. The summed E-state index contributed by atoms with van der Waals surface area (Å²) in [4.78, 5) is 0. The molecule has 0 aromatic heterocycles. The molecule has 1 atom stereocenters. The van der Waals surface area contributed by atoms with Gasteiger partial charge in [0.2, 0.25) is 10.0 Å². The summed E-state index contributed by atoms with van der Waals surface area (Å²) in [5.41, 5.74) is 1.89. The first kappa shape index (κ1) is 19.1. The summed E-state index contributed by atoms with van der Waals surface area (Å²) in [6.45, 7) is 0.630. The second-order valence-electron chi connectivity index (χ2n) is 7.13. The van der Waals surface area contributed by atoms with Gasteiger partial charge in [-0.1, -0.05) is 73.5 Å². The molecule has 0 heterocycles. The van der Waals surface area contributed by atoms with Gasteiger partial charge in [-0.2, -0.15) is 4.31 Å². The average Bonchev–Trinajstić information content (AvgIpc) is 3.17. The molecule has 0 amide bonds. The van der Waals surface area contributed by atoms with E-state index >= 15 is 0 Å². The van der Waals surface area contributed by atoms with E-state index in [0.717, 1.165) is 36.8 Å². The van der Waals surface area contributed by atoms with E-state index in [1.165, 1.54) is 4.31 Å². The lowest BCUT2D eigenvalue weighted by Gasteiger charge is -2.25. The standard InChI is InChI=1S/C21H27NO3S/c23-21(20-13-7-8-14-20)17-26(24,25)22(15-18-9-3-1-4-10-18)16-19-11-5-2-6-12-19/h1-6,9-12,20-21,23H,7-8,13-17H2/t21-/m1/s1. The highest BCUT2D eigenvalue weighted by atomic mass is 32.2. The summed E-state index contributed by atoms with van der Waals surface area (Å²) in [5, 5.41) is 10.5. The van der Waals surface area contributed by atoms with Crippen LogP contribution in [0.4, 0.5) is 0 Å². The highest BCUT2D eigenvalue weighted by Gasteiger charge is 2.31. The van der Waals surface area contributed by atoms with E-state index in [9.17, 15) is 13.5 Å². The lowest BCUT2D eigenvalue weighted by atomic mass is 10.0. The van der Waals surface area contributed by atoms with Crippen molar-refractivity contribution in [1.82, 2.24) is 4.31 Å². The summed E-state index contributed by atoms with van der Waals surface area (Å²) in [7, 11) is -3.57. The largest absolute Gasteiger partial charge is 0.392 e. The molecule has 0 bridgehead atoms. The maximum absolute atomic E-state index is 13.1. The molecule has 3 rings (SSSR count). The fourth-order valence-electron chi connectivity index (χ4n) is 3.63. The molecule has 1 saturated carbocycles. The highest BCUT2D eigenvalue weighted by molar-refractivity contribution is 7.89. The van der Waals surface area contributed by atoms with Crippen LogP contribution in [-0.4, -0.2) is 29.7 Å². The van der Waals surface area contributed by atoms with Crippen LogP contribution in [0.5, 0.6) is 0 Å². The van der Waals surface area contributed by atoms with Gasteiger partial charge >= 0.3 is 0 Å². The lowest BCUT2D eigenvalue weighted by molar-refractivity contribution is 0.130. The molecule has 0 unspecified atom stereocenters. The van der Waals surface area contributed by atoms with Crippen molar-refractivity contribution in [2.45, 2.75) is 44.9 Å². The fourth-order valence-corrected chi connectivity index (χ4v) is 5.23. The van der Waals surface area contributed by atoms with E-state index < -0.39 is 16.1 Å². The molecule has 5 heteroatoms. The van der Waals surface area contributed by atoms with E-state index in [1.807, 2.05) is 60.7 Å². The molecule has 140 valence electrons. The molecule has 4 nitrogen and oxygen atoms in total. The summed E-state index contributed by atoms with van der Waals surface area (Å²) in [6, 6.07) is 19.2. The molecule has 0 radical (unpaired) electrons. The molecule has 1 fully saturated rings. The van der Waals surface area contributed by atoms with Gasteiger partial charge < -0.3 is 5.11 Å². The van der Waals surface area contributed by atoms with Crippen molar-refractivity contribution in [2.75, 3.05) is 5.75 Å². The number of rotatable bonds is 8. The van der Waals surface area contributed by atoms with E-state index in [4.69, 9.17) is 0 Å². The Labute approximate surface area is 156 Å². The summed E-state index contributed by atoms with van der Waals surface area (Å²) in [6.07, 6.45) is 3.23. The van der Waals surface area contributed by atoms with Gasteiger partial charge in [0.15, 0.2) is 0 Å². The van der Waals surface area contributed by atoms with Crippen molar-refractivity contribution in [3.63, 3.8) is 0 Å². The van der Waals surface area contributed by atoms with Crippen molar-refractivity contribution < 1.29 is 13.5 Å². The first-order valence-electron chi connectivity index (χ1n) is 9.28. The summed E-state index contributed by atoms with van der Waals surface area (Å²) < 4.78 is 27.6. The van der Waals surface area contributed by atoms with Crippen molar-refractivity contribution in [2.24, 2.45) is 5.92 Å². The lowest BCUT2D eigenvalue weighted by Crippen LogP contribution is -2.38. The topological polar surface area (TPSA) is 57.6 Å². The fraction of sp³-hybridized carbons (Fsp3) is 0.429. The minimum atomic E-state index is -3.57. The maximum Gasteiger partial charge on any atom is 0.217 e. The van der Waals surface area contributed by atoms with Gasteiger partial charge in [-0.05, 0) is 29.9 Å². The quantitative estimate of drug-likeness (QED) is 0.770. The van der Waals surface area contributed by atoms with Gasteiger partial charge in [0.05, 0.1) is 11.9 Å². The van der Waals surface area contributed by atoms with Crippen LogP contribution in [0.1, 0.15) is 36.8 Å². The second-order valence-corrected chi connectivity index (χ2v) is 9.14. The van der Waals surface area contributed by atoms with E-state index in [0.29, 0.717) is 13.1 Å². The molecule has 0 aliphatic heterocycles. The van der Waals surface area contributed by atoms with Crippen LogP contribution in [0.15, 0.2) is 60.7 Å². The third kappa shape index (κ3) is 5.16. The van der Waals surface area contributed by atoms with Crippen LogP contribution in [0, 0.1) is 5.92 Å². The first-order chi connectivity index (χ1) is 12.5. The van der Waals surface area contributed by atoms with E-state index in [-0.39, 0.29) is 11.7 Å². The number of hydrogen-bond acceptors (Lipinski definition) is 3. The molecule has 0 spiro atoms. The van der Waals surface area contributed by atoms with Gasteiger partial charge in [-0.15, -0.1) is 0 Å². The van der Waals surface area contributed by atoms with Gasteiger partial charge in [0.1, 0.15) is 0 Å². The molecule has 1 aliphatic carbocycles. The van der Waals surface area contributed by atoms with Crippen molar-refractivity contribution in [3.8, 4) is 0 Å². The molecule has 1 aliphatic rings. The van der Waals surface area contributed by atoms with Crippen LogP contribution in [-0.2, 0) is 23.1 Å².